The Hall–Kier alpha value is -1.14. The number of carbonyl (C=O) groups excluding carboxylic acids is 1. The lowest BCUT2D eigenvalue weighted by molar-refractivity contribution is -0.137. The molecule has 0 aromatic rings. The molecule has 0 spiro atoms. The zero-order chi connectivity index (χ0) is 12.7. The Balaban J connectivity index is 2.13. The zero-order valence-corrected chi connectivity index (χ0v) is 10.2. The summed E-state index contributed by atoms with van der Waals surface area (Å²) in [7, 11) is 0. The SMILES string of the molecule is C[C@H]1CNCCN1CC(=O)NCCCC(=O)O. The van der Waals surface area contributed by atoms with E-state index in [0.29, 0.717) is 25.6 Å². The highest BCUT2D eigenvalue weighted by Crippen LogP contribution is 2.01. The Morgan fingerprint density at radius 1 is 1.53 bits per heavy atom. The van der Waals surface area contributed by atoms with E-state index in [1.54, 1.807) is 0 Å². The number of rotatable bonds is 6. The number of amides is 1. The van der Waals surface area contributed by atoms with Crippen molar-refractivity contribution in [3.05, 3.63) is 0 Å². The molecular weight excluding hydrogens is 222 g/mol. The van der Waals surface area contributed by atoms with E-state index in [-0.39, 0.29) is 12.3 Å². The molecule has 1 aliphatic rings. The minimum Gasteiger partial charge on any atom is -0.481 e. The molecule has 3 N–H and O–H groups in total. The molecule has 1 amide bonds. The second-order valence-corrected chi connectivity index (χ2v) is 4.37. The Morgan fingerprint density at radius 3 is 2.94 bits per heavy atom. The van der Waals surface area contributed by atoms with E-state index in [9.17, 15) is 9.59 Å². The highest BCUT2D eigenvalue weighted by Gasteiger charge is 2.19. The number of aliphatic carboxylic acids is 1. The summed E-state index contributed by atoms with van der Waals surface area (Å²) >= 11 is 0. The quantitative estimate of drug-likeness (QED) is 0.535. The van der Waals surface area contributed by atoms with Crippen LogP contribution in [0.3, 0.4) is 0 Å². The van der Waals surface area contributed by atoms with E-state index >= 15 is 0 Å². The van der Waals surface area contributed by atoms with Gasteiger partial charge in [0.05, 0.1) is 6.54 Å². The van der Waals surface area contributed by atoms with Crippen LogP contribution in [-0.2, 0) is 9.59 Å². The van der Waals surface area contributed by atoms with E-state index in [4.69, 9.17) is 5.11 Å². The van der Waals surface area contributed by atoms with Crippen molar-refractivity contribution in [2.24, 2.45) is 0 Å². The summed E-state index contributed by atoms with van der Waals surface area (Å²) in [6.45, 7) is 5.62. The van der Waals surface area contributed by atoms with Gasteiger partial charge in [-0.05, 0) is 13.3 Å². The number of hydrogen-bond donors (Lipinski definition) is 3. The highest BCUT2D eigenvalue weighted by atomic mass is 16.4. The molecule has 1 rings (SSSR count). The van der Waals surface area contributed by atoms with Crippen molar-refractivity contribution in [2.45, 2.75) is 25.8 Å². The first-order chi connectivity index (χ1) is 8.09. The maximum atomic E-state index is 11.6. The van der Waals surface area contributed by atoms with Crippen molar-refractivity contribution in [1.82, 2.24) is 15.5 Å². The van der Waals surface area contributed by atoms with E-state index in [1.807, 2.05) is 0 Å². The fraction of sp³-hybridized carbons (Fsp3) is 0.818. The van der Waals surface area contributed by atoms with Crippen molar-refractivity contribution in [3.63, 3.8) is 0 Å². The number of carboxylic acid groups (broad SMARTS) is 1. The lowest BCUT2D eigenvalue weighted by atomic mass is 10.2. The molecule has 17 heavy (non-hydrogen) atoms. The van der Waals surface area contributed by atoms with Gasteiger partial charge in [-0.25, -0.2) is 0 Å². The fourth-order valence-electron chi connectivity index (χ4n) is 1.83. The first-order valence-corrected chi connectivity index (χ1v) is 6.03. The summed E-state index contributed by atoms with van der Waals surface area (Å²) in [4.78, 5) is 24.0. The number of carboxylic acids is 1. The van der Waals surface area contributed by atoms with Gasteiger partial charge >= 0.3 is 5.97 Å². The highest BCUT2D eigenvalue weighted by molar-refractivity contribution is 5.78. The maximum Gasteiger partial charge on any atom is 0.303 e. The summed E-state index contributed by atoms with van der Waals surface area (Å²) in [5.74, 6) is -0.848. The molecule has 0 unspecified atom stereocenters. The van der Waals surface area contributed by atoms with Crippen molar-refractivity contribution in [3.8, 4) is 0 Å². The molecule has 6 heteroatoms. The van der Waals surface area contributed by atoms with Crippen LogP contribution in [-0.4, -0.2) is 60.6 Å². The van der Waals surface area contributed by atoms with Crippen LogP contribution >= 0.6 is 0 Å². The molecule has 98 valence electrons. The third kappa shape index (κ3) is 5.65. The monoisotopic (exact) mass is 243 g/mol. The van der Waals surface area contributed by atoms with Gasteiger partial charge in [0.1, 0.15) is 0 Å². The standard InChI is InChI=1S/C11H21N3O3/c1-9-7-12-5-6-14(9)8-10(15)13-4-2-3-11(16)17/h9,12H,2-8H2,1H3,(H,13,15)(H,16,17)/t9-/m0/s1. The van der Waals surface area contributed by atoms with Crippen LogP contribution in [0, 0.1) is 0 Å². The smallest absolute Gasteiger partial charge is 0.303 e. The molecule has 0 aromatic heterocycles. The summed E-state index contributed by atoms with van der Waals surface area (Å²) < 4.78 is 0. The lowest BCUT2D eigenvalue weighted by Crippen LogP contribution is -2.52. The molecule has 0 aromatic carbocycles. The van der Waals surface area contributed by atoms with Gasteiger partial charge in [-0.1, -0.05) is 0 Å². The minimum atomic E-state index is -0.824. The van der Waals surface area contributed by atoms with Crippen LogP contribution < -0.4 is 10.6 Å². The van der Waals surface area contributed by atoms with Crippen LogP contribution in [0.4, 0.5) is 0 Å². The van der Waals surface area contributed by atoms with Crippen molar-refractivity contribution in [2.75, 3.05) is 32.7 Å². The topological polar surface area (TPSA) is 81.7 Å². The molecule has 0 bridgehead atoms. The van der Waals surface area contributed by atoms with Crippen LogP contribution in [0.1, 0.15) is 19.8 Å². The third-order valence-electron chi connectivity index (χ3n) is 2.88. The molecule has 0 aliphatic carbocycles. The second-order valence-electron chi connectivity index (χ2n) is 4.37. The van der Waals surface area contributed by atoms with Gasteiger partial charge < -0.3 is 15.7 Å². The number of piperazine rings is 1. The number of nitrogens with one attached hydrogen (secondary N) is 2. The van der Waals surface area contributed by atoms with E-state index in [0.717, 1.165) is 19.6 Å². The number of nitrogens with zero attached hydrogens (tertiary/aromatic N) is 1. The molecule has 6 nitrogen and oxygen atoms in total. The maximum absolute atomic E-state index is 11.6. The normalized spacial score (nSPS) is 21.1. The Labute approximate surface area is 101 Å². The van der Waals surface area contributed by atoms with Crippen LogP contribution in [0.15, 0.2) is 0 Å². The largest absolute Gasteiger partial charge is 0.481 e. The molecule has 0 saturated carbocycles. The predicted octanol–water partition coefficient (Wildman–Crippen LogP) is -0.739. The first-order valence-electron chi connectivity index (χ1n) is 6.03. The van der Waals surface area contributed by atoms with Crippen molar-refractivity contribution >= 4 is 11.9 Å². The fourth-order valence-corrected chi connectivity index (χ4v) is 1.83. The van der Waals surface area contributed by atoms with Gasteiger partial charge in [-0.2, -0.15) is 0 Å². The first kappa shape index (κ1) is 13.9. The van der Waals surface area contributed by atoms with Gasteiger partial charge in [0.25, 0.3) is 0 Å². The van der Waals surface area contributed by atoms with Crippen LogP contribution in [0.5, 0.6) is 0 Å². The summed E-state index contributed by atoms with van der Waals surface area (Å²) in [5.41, 5.74) is 0. The molecular formula is C11H21N3O3. The molecule has 1 heterocycles. The summed E-state index contributed by atoms with van der Waals surface area (Å²) in [5, 5.41) is 14.5. The Bertz CT molecular complexity index is 271. The second kappa shape index (κ2) is 7.24. The summed E-state index contributed by atoms with van der Waals surface area (Å²) in [6, 6.07) is 0.369. The molecule has 1 aliphatic heterocycles. The molecule has 1 fully saturated rings. The minimum absolute atomic E-state index is 0.0239. The van der Waals surface area contributed by atoms with Crippen LogP contribution in [0.25, 0.3) is 0 Å². The third-order valence-corrected chi connectivity index (χ3v) is 2.88. The van der Waals surface area contributed by atoms with Crippen LogP contribution in [0.2, 0.25) is 0 Å². The van der Waals surface area contributed by atoms with Gasteiger partial charge in [-0.3, -0.25) is 14.5 Å². The Morgan fingerprint density at radius 2 is 2.29 bits per heavy atom. The lowest BCUT2D eigenvalue weighted by Gasteiger charge is -2.33. The number of carbonyl (C=O) groups is 2. The average Bonchev–Trinajstić information content (AvgIpc) is 2.27. The van der Waals surface area contributed by atoms with Gasteiger partial charge in [0.2, 0.25) is 5.91 Å². The van der Waals surface area contributed by atoms with Crippen molar-refractivity contribution in [1.29, 1.82) is 0 Å². The van der Waals surface area contributed by atoms with E-state index in [2.05, 4.69) is 22.5 Å². The predicted molar refractivity (Wildman–Crippen MR) is 63.8 cm³/mol. The molecule has 1 atom stereocenters. The zero-order valence-electron chi connectivity index (χ0n) is 10.2. The van der Waals surface area contributed by atoms with Gasteiger partial charge in [0, 0.05) is 38.6 Å². The summed E-state index contributed by atoms with van der Waals surface area (Å²) in [6.07, 6.45) is 0.586. The number of hydrogen-bond acceptors (Lipinski definition) is 4. The van der Waals surface area contributed by atoms with Gasteiger partial charge in [-0.15, -0.1) is 0 Å². The van der Waals surface area contributed by atoms with Gasteiger partial charge in [0.15, 0.2) is 0 Å². The molecule has 0 radical (unpaired) electrons. The van der Waals surface area contributed by atoms with E-state index < -0.39 is 5.97 Å². The Kier molecular flexibility index (Phi) is 5.93. The van der Waals surface area contributed by atoms with E-state index in [1.165, 1.54) is 0 Å². The average molecular weight is 243 g/mol. The molecule has 1 saturated heterocycles. The van der Waals surface area contributed by atoms with Crippen molar-refractivity contribution < 1.29 is 14.7 Å².